The van der Waals surface area contributed by atoms with E-state index in [9.17, 15) is 9.59 Å². The van der Waals surface area contributed by atoms with Crippen molar-refractivity contribution in [2.75, 3.05) is 11.9 Å². The second-order valence-corrected chi connectivity index (χ2v) is 4.66. The number of hydrogen-bond acceptors (Lipinski definition) is 3. The first kappa shape index (κ1) is 14.0. The van der Waals surface area contributed by atoms with Crippen molar-refractivity contribution < 1.29 is 14.7 Å². The summed E-state index contributed by atoms with van der Waals surface area (Å²) < 4.78 is 0. The molecule has 0 aromatic heterocycles. The van der Waals surface area contributed by atoms with E-state index in [4.69, 9.17) is 10.8 Å². The van der Waals surface area contributed by atoms with Crippen molar-refractivity contribution in [1.82, 2.24) is 0 Å². The van der Waals surface area contributed by atoms with Crippen LogP contribution in [0.15, 0.2) is 12.1 Å². The fourth-order valence-corrected chi connectivity index (χ4v) is 1.60. The molecule has 1 amide bonds. The first-order chi connectivity index (χ1) is 8.32. The van der Waals surface area contributed by atoms with E-state index in [0.717, 1.165) is 0 Å². The van der Waals surface area contributed by atoms with Crippen molar-refractivity contribution in [3.8, 4) is 0 Å². The standard InChI is InChI=1S/C13H18N2O3/c1-7(2)6-15-11-5-9(13(17)18)8(3)4-10(11)12(14)16/h4-5,7,15H,6H2,1-3H3,(H2,14,16)(H,17,18). The first-order valence-electron chi connectivity index (χ1n) is 5.74. The summed E-state index contributed by atoms with van der Waals surface area (Å²) in [6.45, 7) is 6.32. The number of aromatic carboxylic acids is 1. The maximum Gasteiger partial charge on any atom is 0.336 e. The molecule has 1 aromatic rings. The van der Waals surface area contributed by atoms with Crippen LogP contribution >= 0.6 is 0 Å². The number of rotatable bonds is 5. The Hall–Kier alpha value is -2.04. The molecule has 0 saturated heterocycles. The van der Waals surface area contributed by atoms with Crippen molar-refractivity contribution >= 4 is 17.6 Å². The van der Waals surface area contributed by atoms with Gasteiger partial charge in [-0.25, -0.2) is 4.79 Å². The number of benzene rings is 1. The molecule has 0 aliphatic rings. The van der Waals surface area contributed by atoms with Gasteiger partial charge in [0.15, 0.2) is 0 Å². The maximum atomic E-state index is 11.3. The third kappa shape index (κ3) is 3.23. The zero-order valence-electron chi connectivity index (χ0n) is 10.8. The van der Waals surface area contributed by atoms with E-state index in [0.29, 0.717) is 29.3 Å². The predicted octanol–water partition coefficient (Wildman–Crippen LogP) is 1.86. The maximum absolute atomic E-state index is 11.3. The molecule has 0 radical (unpaired) electrons. The number of carbonyl (C=O) groups is 2. The average Bonchev–Trinajstić information content (AvgIpc) is 2.26. The summed E-state index contributed by atoms with van der Waals surface area (Å²) >= 11 is 0. The van der Waals surface area contributed by atoms with Crippen LogP contribution in [0.1, 0.15) is 40.1 Å². The number of hydrogen-bond donors (Lipinski definition) is 3. The lowest BCUT2D eigenvalue weighted by Crippen LogP contribution is -2.18. The monoisotopic (exact) mass is 250 g/mol. The van der Waals surface area contributed by atoms with Crippen LogP contribution in [-0.2, 0) is 0 Å². The van der Waals surface area contributed by atoms with Crippen molar-refractivity contribution in [3.05, 3.63) is 28.8 Å². The van der Waals surface area contributed by atoms with Crippen LogP contribution in [0.3, 0.4) is 0 Å². The Bertz CT molecular complexity index is 481. The quantitative estimate of drug-likeness (QED) is 0.743. The highest BCUT2D eigenvalue weighted by atomic mass is 16.4. The van der Waals surface area contributed by atoms with E-state index in [-0.39, 0.29) is 5.56 Å². The first-order valence-corrected chi connectivity index (χ1v) is 5.74. The molecule has 0 spiro atoms. The molecular formula is C13H18N2O3. The Balaban J connectivity index is 3.22. The van der Waals surface area contributed by atoms with E-state index in [2.05, 4.69) is 5.32 Å². The molecule has 0 atom stereocenters. The van der Waals surface area contributed by atoms with E-state index < -0.39 is 11.9 Å². The molecule has 0 bridgehead atoms. The molecule has 0 aliphatic heterocycles. The van der Waals surface area contributed by atoms with Crippen molar-refractivity contribution in [1.29, 1.82) is 0 Å². The molecule has 0 saturated carbocycles. The molecule has 5 nitrogen and oxygen atoms in total. The van der Waals surface area contributed by atoms with Crippen LogP contribution in [0.25, 0.3) is 0 Å². The molecule has 98 valence electrons. The molecule has 4 N–H and O–H groups in total. The smallest absolute Gasteiger partial charge is 0.336 e. The number of nitrogens with one attached hydrogen (secondary N) is 1. The topological polar surface area (TPSA) is 92.4 Å². The number of aryl methyl sites for hydroxylation is 1. The van der Waals surface area contributed by atoms with Crippen LogP contribution in [0.5, 0.6) is 0 Å². The van der Waals surface area contributed by atoms with Gasteiger partial charge in [0, 0.05) is 12.2 Å². The SMILES string of the molecule is Cc1cc(C(N)=O)c(NCC(C)C)cc1C(=O)O. The Kier molecular flexibility index (Phi) is 4.31. The van der Waals surface area contributed by atoms with E-state index >= 15 is 0 Å². The van der Waals surface area contributed by atoms with Gasteiger partial charge in [0.25, 0.3) is 5.91 Å². The van der Waals surface area contributed by atoms with Gasteiger partial charge < -0.3 is 16.2 Å². The van der Waals surface area contributed by atoms with Gasteiger partial charge in [-0.2, -0.15) is 0 Å². The summed E-state index contributed by atoms with van der Waals surface area (Å²) in [5, 5.41) is 12.1. The Labute approximate surface area is 106 Å². The summed E-state index contributed by atoms with van der Waals surface area (Å²) in [5.41, 5.74) is 6.77. The lowest BCUT2D eigenvalue weighted by atomic mass is 10.0. The van der Waals surface area contributed by atoms with Gasteiger partial charge in [0.2, 0.25) is 0 Å². The minimum absolute atomic E-state index is 0.172. The van der Waals surface area contributed by atoms with Crippen LogP contribution in [-0.4, -0.2) is 23.5 Å². The van der Waals surface area contributed by atoms with Crippen LogP contribution in [0, 0.1) is 12.8 Å². The number of carbonyl (C=O) groups excluding carboxylic acids is 1. The zero-order chi connectivity index (χ0) is 13.9. The summed E-state index contributed by atoms with van der Waals surface area (Å²) in [5.74, 6) is -1.21. The second-order valence-electron chi connectivity index (χ2n) is 4.66. The largest absolute Gasteiger partial charge is 0.478 e. The zero-order valence-corrected chi connectivity index (χ0v) is 10.8. The van der Waals surface area contributed by atoms with Crippen LogP contribution in [0.2, 0.25) is 0 Å². The molecule has 0 fully saturated rings. The highest BCUT2D eigenvalue weighted by molar-refractivity contribution is 6.01. The highest BCUT2D eigenvalue weighted by Crippen LogP contribution is 2.21. The number of carboxylic acid groups (broad SMARTS) is 1. The number of anilines is 1. The van der Waals surface area contributed by atoms with Gasteiger partial charge in [0.05, 0.1) is 11.1 Å². The summed E-state index contributed by atoms with van der Waals surface area (Å²) in [7, 11) is 0. The summed E-state index contributed by atoms with van der Waals surface area (Å²) in [4.78, 5) is 22.4. The Morgan fingerprint density at radius 3 is 2.39 bits per heavy atom. The lowest BCUT2D eigenvalue weighted by molar-refractivity contribution is 0.0695. The number of amides is 1. The molecule has 18 heavy (non-hydrogen) atoms. The van der Waals surface area contributed by atoms with Crippen molar-refractivity contribution in [2.45, 2.75) is 20.8 Å². The fourth-order valence-electron chi connectivity index (χ4n) is 1.60. The molecule has 0 unspecified atom stereocenters. The molecular weight excluding hydrogens is 232 g/mol. The summed E-state index contributed by atoms with van der Waals surface area (Å²) in [6, 6.07) is 2.97. The van der Waals surface area contributed by atoms with E-state index in [1.54, 1.807) is 6.92 Å². The van der Waals surface area contributed by atoms with E-state index in [1.807, 2.05) is 13.8 Å². The average molecular weight is 250 g/mol. The van der Waals surface area contributed by atoms with Gasteiger partial charge in [-0.05, 0) is 30.5 Å². The Morgan fingerprint density at radius 1 is 1.33 bits per heavy atom. The Morgan fingerprint density at radius 2 is 1.94 bits per heavy atom. The predicted molar refractivity (Wildman–Crippen MR) is 70.0 cm³/mol. The minimum atomic E-state index is -1.02. The van der Waals surface area contributed by atoms with Crippen LogP contribution in [0.4, 0.5) is 5.69 Å². The van der Waals surface area contributed by atoms with Gasteiger partial charge >= 0.3 is 5.97 Å². The van der Waals surface area contributed by atoms with E-state index in [1.165, 1.54) is 12.1 Å². The van der Waals surface area contributed by atoms with Gasteiger partial charge in [-0.1, -0.05) is 13.8 Å². The lowest BCUT2D eigenvalue weighted by Gasteiger charge is -2.14. The van der Waals surface area contributed by atoms with Crippen molar-refractivity contribution in [2.24, 2.45) is 11.7 Å². The van der Waals surface area contributed by atoms with Crippen LogP contribution < -0.4 is 11.1 Å². The molecule has 0 heterocycles. The third-order valence-electron chi connectivity index (χ3n) is 2.56. The number of nitrogens with two attached hydrogens (primary N) is 1. The van der Waals surface area contributed by atoms with Crippen molar-refractivity contribution in [3.63, 3.8) is 0 Å². The fraction of sp³-hybridized carbons (Fsp3) is 0.385. The molecule has 0 aliphatic carbocycles. The van der Waals surface area contributed by atoms with Gasteiger partial charge in [-0.3, -0.25) is 4.79 Å². The second kappa shape index (κ2) is 5.53. The van der Waals surface area contributed by atoms with Gasteiger partial charge in [0.1, 0.15) is 0 Å². The minimum Gasteiger partial charge on any atom is -0.478 e. The number of carboxylic acids is 1. The summed E-state index contributed by atoms with van der Waals surface area (Å²) in [6.07, 6.45) is 0. The molecule has 1 rings (SSSR count). The third-order valence-corrected chi connectivity index (χ3v) is 2.56. The highest BCUT2D eigenvalue weighted by Gasteiger charge is 2.15. The molecule has 1 aromatic carbocycles. The van der Waals surface area contributed by atoms with Gasteiger partial charge in [-0.15, -0.1) is 0 Å². The number of primary amides is 1. The normalized spacial score (nSPS) is 10.4. The molecule has 5 heteroatoms.